The fourth-order valence-electron chi connectivity index (χ4n) is 0.366. The maximum Gasteiger partial charge on any atom is 0.223 e. The second-order valence-corrected chi connectivity index (χ2v) is 2.15. The molecule has 9 heavy (non-hydrogen) atoms. The second-order valence-electron chi connectivity index (χ2n) is 1.46. The van der Waals surface area contributed by atoms with E-state index in [0.717, 1.165) is 0 Å². The predicted molar refractivity (Wildman–Crippen MR) is 36.5 cm³/mol. The highest BCUT2D eigenvalue weighted by atomic mass is 35.5. The standard InChI is InChI=1S/C5H3Cl2N2/c1-3-2-8-5(7)9-4(3)6/h2H,1H2. The summed E-state index contributed by atoms with van der Waals surface area (Å²) in [6.07, 6.45) is 1.47. The van der Waals surface area contributed by atoms with E-state index in [4.69, 9.17) is 23.2 Å². The van der Waals surface area contributed by atoms with Gasteiger partial charge in [-0.1, -0.05) is 11.6 Å². The van der Waals surface area contributed by atoms with Crippen molar-refractivity contribution >= 4 is 23.2 Å². The Kier molecular flexibility index (Phi) is 1.88. The number of rotatable bonds is 0. The van der Waals surface area contributed by atoms with E-state index in [9.17, 15) is 0 Å². The van der Waals surface area contributed by atoms with Gasteiger partial charge in [0, 0.05) is 11.8 Å². The summed E-state index contributed by atoms with van der Waals surface area (Å²) in [6, 6.07) is 0. The lowest BCUT2D eigenvalue weighted by Crippen LogP contribution is -1.84. The van der Waals surface area contributed by atoms with E-state index in [0.29, 0.717) is 10.7 Å². The van der Waals surface area contributed by atoms with Gasteiger partial charge in [0.05, 0.1) is 0 Å². The Morgan fingerprint density at radius 1 is 1.44 bits per heavy atom. The maximum atomic E-state index is 5.52. The van der Waals surface area contributed by atoms with Crippen LogP contribution in [0.25, 0.3) is 0 Å². The van der Waals surface area contributed by atoms with Gasteiger partial charge in [0.2, 0.25) is 5.28 Å². The van der Waals surface area contributed by atoms with Gasteiger partial charge < -0.3 is 0 Å². The summed E-state index contributed by atoms with van der Waals surface area (Å²) in [5, 5.41) is 0.447. The third-order valence-corrected chi connectivity index (χ3v) is 1.29. The summed E-state index contributed by atoms with van der Waals surface area (Å²) >= 11 is 10.9. The van der Waals surface area contributed by atoms with Crippen molar-refractivity contribution in [3.05, 3.63) is 29.1 Å². The summed E-state index contributed by atoms with van der Waals surface area (Å²) in [4.78, 5) is 7.28. The fraction of sp³-hybridized carbons (Fsp3) is 0. The summed E-state index contributed by atoms with van der Waals surface area (Å²) < 4.78 is 0. The Morgan fingerprint density at radius 2 is 2.11 bits per heavy atom. The third kappa shape index (κ3) is 1.53. The van der Waals surface area contributed by atoms with Crippen molar-refractivity contribution in [3.63, 3.8) is 0 Å². The van der Waals surface area contributed by atoms with Crippen molar-refractivity contribution in [2.75, 3.05) is 0 Å². The molecule has 1 radical (unpaired) electrons. The van der Waals surface area contributed by atoms with Gasteiger partial charge in [0.1, 0.15) is 5.15 Å². The first-order valence-electron chi connectivity index (χ1n) is 2.20. The highest BCUT2D eigenvalue weighted by Crippen LogP contribution is 2.11. The molecular formula is C5H3Cl2N2. The monoisotopic (exact) mass is 161 g/mol. The molecule has 0 aliphatic heterocycles. The molecule has 0 saturated heterocycles. The molecule has 1 aromatic rings. The minimum Gasteiger partial charge on any atom is -0.226 e. The number of hydrogen-bond acceptors (Lipinski definition) is 2. The van der Waals surface area contributed by atoms with Crippen LogP contribution in [0.4, 0.5) is 0 Å². The molecule has 4 heteroatoms. The average Bonchev–Trinajstić information content (AvgIpc) is 1.80. The topological polar surface area (TPSA) is 25.8 Å². The van der Waals surface area contributed by atoms with Crippen molar-refractivity contribution in [1.29, 1.82) is 0 Å². The predicted octanol–water partition coefficient (Wildman–Crippen LogP) is 1.97. The van der Waals surface area contributed by atoms with E-state index in [1.165, 1.54) is 6.20 Å². The molecule has 47 valence electrons. The molecule has 0 spiro atoms. The molecule has 1 aromatic heterocycles. The lowest BCUT2D eigenvalue weighted by Gasteiger charge is -1.92. The molecule has 0 amide bonds. The largest absolute Gasteiger partial charge is 0.226 e. The molecule has 0 N–H and O–H groups in total. The minimum absolute atomic E-state index is 0.146. The molecule has 0 aromatic carbocycles. The highest BCUT2D eigenvalue weighted by Gasteiger charge is 1.96. The van der Waals surface area contributed by atoms with Crippen molar-refractivity contribution in [1.82, 2.24) is 9.97 Å². The quantitative estimate of drug-likeness (QED) is 0.430. The molecule has 0 aliphatic carbocycles. The normalized spacial score (nSPS) is 9.67. The Bertz CT molecular complexity index is 224. The van der Waals surface area contributed by atoms with E-state index in [1.807, 2.05) is 0 Å². The molecule has 0 unspecified atom stereocenters. The van der Waals surface area contributed by atoms with Crippen LogP contribution >= 0.6 is 23.2 Å². The van der Waals surface area contributed by atoms with Crippen molar-refractivity contribution in [2.24, 2.45) is 0 Å². The van der Waals surface area contributed by atoms with Crippen LogP contribution in [0.2, 0.25) is 10.4 Å². The Morgan fingerprint density at radius 3 is 2.56 bits per heavy atom. The molecule has 0 saturated carbocycles. The first-order valence-corrected chi connectivity index (χ1v) is 2.96. The zero-order valence-electron chi connectivity index (χ0n) is 4.43. The SMILES string of the molecule is [CH2]c1cnc(Cl)nc1Cl. The van der Waals surface area contributed by atoms with Crippen molar-refractivity contribution < 1.29 is 0 Å². The van der Waals surface area contributed by atoms with Gasteiger partial charge in [-0.3, -0.25) is 0 Å². The first-order chi connectivity index (χ1) is 4.20. The van der Waals surface area contributed by atoms with E-state index < -0.39 is 0 Å². The maximum absolute atomic E-state index is 5.52. The van der Waals surface area contributed by atoms with Crippen LogP contribution in [-0.2, 0) is 0 Å². The van der Waals surface area contributed by atoms with E-state index in [1.54, 1.807) is 0 Å². The third-order valence-electron chi connectivity index (χ3n) is 0.782. The second kappa shape index (κ2) is 2.50. The van der Waals surface area contributed by atoms with Crippen LogP contribution in [0.3, 0.4) is 0 Å². The molecular weight excluding hydrogens is 159 g/mol. The van der Waals surface area contributed by atoms with E-state index in [2.05, 4.69) is 16.9 Å². The Hall–Kier alpha value is -0.340. The summed E-state index contributed by atoms with van der Waals surface area (Å²) in [5.41, 5.74) is 0.584. The molecule has 0 fully saturated rings. The van der Waals surface area contributed by atoms with Crippen LogP contribution in [0.1, 0.15) is 5.56 Å². The minimum atomic E-state index is 0.146. The van der Waals surface area contributed by atoms with Crippen LogP contribution in [0, 0.1) is 6.92 Å². The highest BCUT2D eigenvalue weighted by molar-refractivity contribution is 6.32. The van der Waals surface area contributed by atoms with Gasteiger partial charge in [0.25, 0.3) is 0 Å². The molecule has 1 rings (SSSR count). The lowest BCUT2D eigenvalue weighted by atomic mass is 10.4. The number of hydrogen-bond donors (Lipinski definition) is 0. The fourth-order valence-corrected chi connectivity index (χ4v) is 0.672. The molecule has 0 bridgehead atoms. The average molecular weight is 162 g/mol. The van der Waals surface area contributed by atoms with Crippen molar-refractivity contribution in [3.8, 4) is 0 Å². The van der Waals surface area contributed by atoms with Gasteiger partial charge in [0.15, 0.2) is 0 Å². The van der Waals surface area contributed by atoms with Gasteiger partial charge >= 0.3 is 0 Å². The van der Waals surface area contributed by atoms with E-state index in [-0.39, 0.29) is 5.28 Å². The Balaban J connectivity index is 3.17. The van der Waals surface area contributed by atoms with Gasteiger partial charge in [-0.25, -0.2) is 9.97 Å². The van der Waals surface area contributed by atoms with Crippen LogP contribution in [-0.4, -0.2) is 9.97 Å². The van der Waals surface area contributed by atoms with Gasteiger partial charge in [-0.05, 0) is 18.5 Å². The molecule has 0 atom stereocenters. The Labute approximate surface area is 62.8 Å². The number of halogens is 2. The molecule has 2 nitrogen and oxygen atoms in total. The molecule has 0 aliphatic rings. The zero-order chi connectivity index (χ0) is 6.85. The van der Waals surface area contributed by atoms with Crippen molar-refractivity contribution in [2.45, 2.75) is 0 Å². The first kappa shape index (κ1) is 6.78. The van der Waals surface area contributed by atoms with Gasteiger partial charge in [-0.2, -0.15) is 0 Å². The summed E-state index contributed by atoms with van der Waals surface area (Å²) in [5.74, 6) is 0. The smallest absolute Gasteiger partial charge is 0.223 e. The zero-order valence-corrected chi connectivity index (χ0v) is 5.95. The lowest BCUT2D eigenvalue weighted by molar-refractivity contribution is 1.15. The summed E-state index contributed by atoms with van der Waals surface area (Å²) in [6.45, 7) is 3.55. The van der Waals surface area contributed by atoms with E-state index >= 15 is 0 Å². The number of nitrogens with zero attached hydrogens (tertiary/aromatic N) is 2. The van der Waals surface area contributed by atoms with Crippen LogP contribution < -0.4 is 0 Å². The van der Waals surface area contributed by atoms with Crippen LogP contribution in [0.15, 0.2) is 6.20 Å². The number of aromatic nitrogens is 2. The van der Waals surface area contributed by atoms with Crippen LogP contribution in [0.5, 0.6) is 0 Å². The molecule has 1 heterocycles. The summed E-state index contributed by atoms with van der Waals surface area (Å²) in [7, 11) is 0. The van der Waals surface area contributed by atoms with Gasteiger partial charge in [-0.15, -0.1) is 0 Å².